The second kappa shape index (κ2) is 10.1. The summed E-state index contributed by atoms with van der Waals surface area (Å²) < 4.78 is 5.36. The third-order valence-electron chi connectivity index (χ3n) is 5.35. The number of carbonyl (C=O) groups excluding carboxylic acids is 2. The summed E-state index contributed by atoms with van der Waals surface area (Å²) in [5, 5.41) is 5.77. The van der Waals surface area contributed by atoms with Crippen molar-refractivity contribution in [3.8, 4) is 0 Å². The first-order chi connectivity index (χ1) is 15.2. The van der Waals surface area contributed by atoms with Gasteiger partial charge in [-0.3, -0.25) is 9.59 Å². The van der Waals surface area contributed by atoms with Crippen molar-refractivity contribution in [3.63, 3.8) is 0 Å². The minimum atomic E-state index is -0.362. The Kier molecular flexibility index (Phi) is 7.31. The van der Waals surface area contributed by atoms with Gasteiger partial charge in [0.05, 0.1) is 6.26 Å². The predicted octanol–water partition coefficient (Wildman–Crippen LogP) is 5.23. The minimum Gasteiger partial charge on any atom is -0.465 e. The van der Waals surface area contributed by atoms with Crippen LogP contribution in [-0.2, 0) is 10.2 Å². The van der Waals surface area contributed by atoms with Crippen molar-refractivity contribution in [2.75, 3.05) is 0 Å². The van der Waals surface area contributed by atoms with Crippen LogP contribution in [0.4, 0.5) is 0 Å². The van der Waals surface area contributed by atoms with Crippen LogP contribution >= 0.6 is 0 Å². The first kappa shape index (κ1) is 23.1. The van der Waals surface area contributed by atoms with E-state index in [0.717, 1.165) is 12.0 Å². The fraction of sp³-hybridized carbons (Fsp3) is 0.259. The van der Waals surface area contributed by atoms with Gasteiger partial charge in [-0.15, -0.1) is 0 Å². The summed E-state index contributed by atoms with van der Waals surface area (Å²) in [5.41, 5.74) is 2.68. The summed E-state index contributed by atoms with van der Waals surface area (Å²) in [6.07, 6.45) is 3.80. The molecule has 0 saturated heterocycles. The largest absolute Gasteiger partial charge is 0.465 e. The van der Waals surface area contributed by atoms with Crippen LogP contribution in [0.2, 0.25) is 0 Å². The van der Waals surface area contributed by atoms with Crippen molar-refractivity contribution in [2.24, 2.45) is 0 Å². The Labute approximate surface area is 189 Å². The molecule has 166 valence electrons. The molecule has 3 rings (SSSR count). The molecule has 0 fully saturated rings. The molecule has 2 aromatic carbocycles. The second-order valence-electron chi connectivity index (χ2n) is 8.73. The predicted molar refractivity (Wildman–Crippen MR) is 127 cm³/mol. The Morgan fingerprint density at radius 2 is 1.78 bits per heavy atom. The van der Waals surface area contributed by atoms with Crippen molar-refractivity contribution >= 4 is 17.9 Å². The first-order valence-corrected chi connectivity index (χ1v) is 10.7. The number of hydrogen-bond donors (Lipinski definition) is 2. The van der Waals surface area contributed by atoms with Gasteiger partial charge in [-0.1, -0.05) is 61.9 Å². The third kappa shape index (κ3) is 6.20. The number of aryl methyl sites for hydroxylation is 1. The molecular formula is C27H30N2O3. The summed E-state index contributed by atoms with van der Waals surface area (Å²) in [7, 11) is 0. The normalized spacial score (nSPS) is 12.8. The Hall–Kier alpha value is -3.60. The summed E-state index contributed by atoms with van der Waals surface area (Å²) in [6.45, 7) is 8.20. The van der Waals surface area contributed by atoms with Crippen LogP contribution in [0.25, 0.3) is 6.08 Å². The van der Waals surface area contributed by atoms with Gasteiger partial charge in [-0.05, 0) is 55.5 Å². The molecule has 0 unspecified atom stereocenters. The van der Waals surface area contributed by atoms with E-state index >= 15 is 0 Å². The van der Waals surface area contributed by atoms with Gasteiger partial charge in [0.25, 0.3) is 11.8 Å². The third-order valence-corrected chi connectivity index (χ3v) is 5.35. The highest BCUT2D eigenvalue weighted by atomic mass is 16.3. The maximum Gasteiger partial charge on any atom is 0.268 e. The van der Waals surface area contributed by atoms with Gasteiger partial charge in [0.2, 0.25) is 0 Å². The van der Waals surface area contributed by atoms with E-state index < -0.39 is 0 Å². The van der Waals surface area contributed by atoms with Crippen molar-refractivity contribution in [1.29, 1.82) is 0 Å². The second-order valence-corrected chi connectivity index (χ2v) is 8.73. The Morgan fingerprint density at radius 3 is 2.44 bits per heavy atom. The molecule has 0 radical (unpaired) electrons. The fourth-order valence-corrected chi connectivity index (χ4v) is 3.78. The Morgan fingerprint density at radius 1 is 1.03 bits per heavy atom. The molecule has 0 aliphatic heterocycles. The molecule has 0 saturated carbocycles. The molecule has 2 N–H and O–H groups in total. The molecule has 2 amide bonds. The number of furan rings is 1. The number of nitrogens with one attached hydrogen (secondary N) is 2. The Bertz CT molecular complexity index is 1080. The molecule has 0 aliphatic carbocycles. The maximum absolute atomic E-state index is 13.1. The zero-order valence-corrected chi connectivity index (χ0v) is 19.0. The first-order valence-electron chi connectivity index (χ1n) is 10.7. The number of rotatable bonds is 8. The fourth-order valence-electron chi connectivity index (χ4n) is 3.78. The number of hydrogen-bond acceptors (Lipinski definition) is 3. The summed E-state index contributed by atoms with van der Waals surface area (Å²) in [5.74, 6) is -0.227. The lowest BCUT2D eigenvalue weighted by atomic mass is 9.79. The molecule has 1 aromatic heterocycles. The number of carbonyl (C=O) groups is 2. The van der Waals surface area contributed by atoms with Crippen molar-refractivity contribution < 1.29 is 14.0 Å². The highest BCUT2D eigenvalue weighted by Gasteiger charge is 2.25. The van der Waals surface area contributed by atoms with Crippen molar-refractivity contribution in [3.05, 3.63) is 101 Å². The lowest BCUT2D eigenvalue weighted by molar-refractivity contribution is -0.118. The average Bonchev–Trinajstić information content (AvgIpc) is 3.26. The molecule has 0 spiro atoms. The van der Waals surface area contributed by atoms with Gasteiger partial charge in [-0.2, -0.15) is 0 Å². The Balaban J connectivity index is 1.74. The molecular weight excluding hydrogens is 400 g/mol. The quantitative estimate of drug-likeness (QED) is 0.481. The van der Waals surface area contributed by atoms with E-state index in [4.69, 9.17) is 4.42 Å². The lowest BCUT2D eigenvalue weighted by Crippen LogP contribution is -2.41. The molecule has 1 atom stereocenters. The van der Waals surface area contributed by atoms with Crippen LogP contribution in [0.5, 0.6) is 0 Å². The zero-order valence-electron chi connectivity index (χ0n) is 19.0. The molecule has 0 bridgehead atoms. The van der Waals surface area contributed by atoms with Gasteiger partial charge in [0, 0.05) is 17.7 Å². The molecule has 1 heterocycles. The summed E-state index contributed by atoms with van der Waals surface area (Å²) in [4.78, 5) is 25.9. The van der Waals surface area contributed by atoms with Gasteiger partial charge in [0.1, 0.15) is 11.5 Å². The smallest absolute Gasteiger partial charge is 0.268 e. The molecule has 5 nitrogen and oxygen atoms in total. The van der Waals surface area contributed by atoms with E-state index in [0.29, 0.717) is 11.3 Å². The van der Waals surface area contributed by atoms with Gasteiger partial charge in [-0.25, -0.2) is 0 Å². The van der Waals surface area contributed by atoms with Crippen LogP contribution < -0.4 is 10.6 Å². The number of benzene rings is 2. The van der Waals surface area contributed by atoms with Crippen molar-refractivity contribution in [1.82, 2.24) is 10.6 Å². The molecule has 5 heteroatoms. The summed E-state index contributed by atoms with van der Waals surface area (Å²) in [6, 6.07) is 20.8. The summed E-state index contributed by atoms with van der Waals surface area (Å²) >= 11 is 0. The number of amides is 2. The molecule has 32 heavy (non-hydrogen) atoms. The highest BCUT2D eigenvalue weighted by Crippen LogP contribution is 2.28. The lowest BCUT2D eigenvalue weighted by Gasteiger charge is -2.29. The van der Waals surface area contributed by atoms with E-state index in [-0.39, 0.29) is 29.0 Å². The van der Waals surface area contributed by atoms with Gasteiger partial charge in [0.15, 0.2) is 0 Å². The standard InChI is InChI=1S/C27H30N2O3/c1-19-10-8-11-21(16-19)25(30)29-24(17-23-14-9-15-32-23)26(31)28-20(2)18-27(3,4)22-12-6-5-7-13-22/h5-17,20H,18H2,1-4H3,(H,28,31)(H,29,30)/b24-17-/t20-/m1/s1. The van der Waals surface area contributed by atoms with Crippen LogP contribution in [0.3, 0.4) is 0 Å². The zero-order chi connectivity index (χ0) is 23.1. The van der Waals surface area contributed by atoms with E-state index in [9.17, 15) is 9.59 Å². The van der Waals surface area contributed by atoms with Crippen LogP contribution in [-0.4, -0.2) is 17.9 Å². The van der Waals surface area contributed by atoms with Gasteiger partial charge >= 0.3 is 0 Å². The van der Waals surface area contributed by atoms with E-state index in [1.54, 1.807) is 24.3 Å². The van der Waals surface area contributed by atoms with E-state index in [1.807, 2.05) is 44.2 Å². The monoisotopic (exact) mass is 430 g/mol. The van der Waals surface area contributed by atoms with Crippen LogP contribution in [0.15, 0.2) is 83.1 Å². The minimum absolute atomic E-state index is 0.117. The van der Waals surface area contributed by atoms with E-state index in [2.05, 4.69) is 36.6 Å². The maximum atomic E-state index is 13.1. The van der Waals surface area contributed by atoms with Crippen LogP contribution in [0.1, 0.15) is 54.4 Å². The van der Waals surface area contributed by atoms with Crippen molar-refractivity contribution in [2.45, 2.75) is 45.6 Å². The van der Waals surface area contributed by atoms with E-state index in [1.165, 1.54) is 17.9 Å². The topological polar surface area (TPSA) is 71.3 Å². The van der Waals surface area contributed by atoms with Gasteiger partial charge < -0.3 is 15.1 Å². The molecule has 3 aromatic rings. The van der Waals surface area contributed by atoms with Crippen LogP contribution in [0, 0.1) is 6.92 Å². The average molecular weight is 431 g/mol. The molecule has 0 aliphatic rings. The highest BCUT2D eigenvalue weighted by molar-refractivity contribution is 6.05. The SMILES string of the molecule is Cc1cccc(C(=O)N/C(=C\c2ccco2)C(=O)N[C@H](C)CC(C)(C)c2ccccc2)c1.